The van der Waals surface area contributed by atoms with Gasteiger partial charge in [-0.2, -0.15) is 4.31 Å². The van der Waals surface area contributed by atoms with Crippen LogP contribution in [0.15, 0.2) is 40.6 Å². The quantitative estimate of drug-likeness (QED) is 0.619. The van der Waals surface area contributed by atoms with Crippen LogP contribution < -0.4 is 0 Å². The van der Waals surface area contributed by atoms with Gasteiger partial charge in [-0.05, 0) is 42.5 Å². The zero-order valence-corrected chi connectivity index (χ0v) is 17.6. The number of aromatic nitrogens is 2. The highest BCUT2D eigenvalue weighted by atomic mass is 32.2. The second-order valence-electron chi connectivity index (χ2n) is 7.33. The molecule has 1 aromatic carbocycles. The summed E-state index contributed by atoms with van der Waals surface area (Å²) in [5, 5.41) is 2.03. The average molecular weight is 434 g/mol. The summed E-state index contributed by atoms with van der Waals surface area (Å²) in [5.74, 6) is 0.867. The molecule has 0 amide bonds. The Labute approximate surface area is 173 Å². The van der Waals surface area contributed by atoms with Crippen LogP contribution >= 0.6 is 11.3 Å². The van der Waals surface area contributed by atoms with Gasteiger partial charge in [0.2, 0.25) is 10.0 Å². The average Bonchev–Trinajstić information content (AvgIpc) is 3.50. The van der Waals surface area contributed by atoms with E-state index < -0.39 is 10.0 Å². The highest BCUT2D eigenvalue weighted by Crippen LogP contribution is 2.31. The second-order valence-corrected chi connectivity index (χ2v) is 10.2. The summed E-state index contributed by atoms with van der Waals surface area (Å²) in [6.45, 7) is 3.15. The third kappa shape index (κ3) is 3.62. The van der Waals surface area contributed by atoms with Crippen LogP contribution in [0.2, 0.25) is 0 Å². The molecule has 0 unspecified atom stereocenters. The molecule has 2 aliphatic heterocycles. The summed E-state index contributed by atoms with van der Waals surface area (Å²) in [6.07, 6.45) is 2.28. The molecule has 0 saturated carbocycles. The molecule has 0 spiro atoms. The molecule has 5 rings (SSSR count). The molecule has 2 fully saturated rings. The Hall–Kier alpha value is -1.78. The molecule has 29 heavy (non-hydrogen) atoms. The summed E-state index contributed by atoms with van der Waals surface area (Å²) in [6, 6.07) is 9.32. The molecule has 7 nitrogen and oxygen atoms in total. The van der Waals surface area contributed by atoms with Crippen molar-refractivity contribution in [1.82, 2.24) is 13.9 Å². The first kappa shape index (κ1) is 19.2. The summed E-state index contributed by atoms with van der Waals surface area (Å²) in [4.78, 5) is 6.18. The van der Waals surface area contributed by atoms with Gasteiger partial charge in [-0.1, -0.05) is 6.07 Å². The monoisotopic (exact) mass is 433 g/mol. The van der Waals surface area contributed by atoms with Crippen molar-refractivity contribution in [2.45, 2.75) is 30.4 Å². The van der Waals surface area contributed by atoms with E-state index in [1.165, 1.54) is 4.31 Å². The fraction of sp³-hybridized carbons (Fsp3) is 0.450. The van der Waals surface area contributed by atoms with Crippen LogP contribution in [-0.4, -0.2) is 61.3 Å². The zero-order chi connectivity index (χ0) is 19.8. The van der Waals surface area contributed by atoms with Crippen molar-refractivity contribution < 1.29 is 17.9 Å². The Morgan fingerprint density at radius 1 is 1.17 bits per heavy atom. The second kappa shape index (κ2) is 7.81. The molecule has 0 N–H and O–H groups in total. The standard InChI is InChI=1S/C20H23N3O4S2/c24-29(25,22-7-10-26-11-8-22)16-5-6-18-17(13-16)21-20(19-4-2-12-28-19)23(18)14-15-3-1-9-27-15/h2,4-6,12-13,15H,1,3,7-11,14H2/t15-/m0/s1. The number of rotatable bonds is 5. The lowest BCUT2D eigenvalue weighted by Gasteiger charge is -2.26. The Morgan fingerprint density at radius 2 is 2.03 bits per heavy atom. The van der Waals surface area contributed by atoms with Gasteiger partial charge >= 0.3 is 0 Å². The highest BCUT2D eigenvalue weighted by Gasteiger charge is 2.28. The molecule has 0 bridgehead atoms. The number of benzene rings is 1. The molecule has 2 saturated heterocycles. The van der Waals surface area contributed by atoms with Crippen LogP contribution in [0, 0.1) is 0 Å². The van der Waals surface area contributed by atoms with E-state index >= 15 is 0 Å². The summed E-state index contributed by atoms with van der Waals surface area (Å²) in [7, 11) is -3.55. The van der Waals surface area contributed by atoms with Crippen LogP contribution in [0.5, 0.6) is 0 Å². The van der Waals surface area contributed by atoms with Crippen LogP contribution in [0.4, 0.5) is 0 Å². The minimum Gasteiger partial charge on any atom is -0.379 e. The molecule has 2 aliphatic rings. The van der Waals surface area contributed by atoms with Crippen LogP contribution in [0.3, 0.4) is 0 Å². The molecule has 3 aromatic rings. The maximum atomic E-state index is 13.0. The maximum absolute atomic E-state index is 13.0. The Bertz CT molecular complexity index is 1100. The van der Waals surface area contributed by atoms with Gasteiger partial charge in [0.1, 0.15) is 0 Å². The van der Waals surface area contributed by atoms with Crippen molar-refractivity contribution >= 4 is 32.4 Å². The molecule has 0 aliphatic carbocycles. The minimum absolute atomic E-state index is 0.169. The van der Waals surface area contributed by atoms with Crippen LogP contribution in [0.1, 0.15) is 12.8 Å². The Kier molecular flexibility index (Phi) is 5.17. The highest BCUT2D eigenvalue weighted by molar-refractivity contribution is 7.89. The van der Waals surface area contributed by atoms with Gasteiger partial charge in [0.25, 0.3) is 0 Å². The number of thiophene rings is 1. The van der Waals surface area contributed by atoms with Crippen molar-refractivity contribution in [2.75, 3.05) is 32.9 Å². The number of morpholine rings is 1. The predicted octanol–water partition coefficient (Wildman–Crippen LogP) is 2.96. The first-order valence-corrected chi connectivity index (χ1v) is 12.2. The number of fused-ring (bicyclic) bond motifs is 1. The van der Waals surface area contributed by atoms with E-state index in [0.717, 1.165) is 42.2 Å². The van der Waals surface area contributed by atoms with Gasteiger partial charge in [-0.15, -0.1) is 11.3 Å². The number of sulfonamides is 1. The van der Waals surface area contributed by atoms with Gasteiger partial charge in [0.15, 0.2) is 5.82 Å². The van der Waals surface area contributed by atoms with E-state index in [1.54, 1.807) is 23.5 Å². The van der Waals surface area contributed by atoms with E-state index in [9.17, 15) is 8.42 Å². The van der Waals surface area contributed by atoms with E-state index in [1.807, 2.05) is 23.6 Å². The van der Waals surface area contributed by atoms with Crippen molar-refractivity contribution in [1.29, 1.82) is 0 Å². The van der Waals surface area contributed by atoms with Crippen molar-refractivity contribution in [3.63, 3.8) is 0 Å². The topological polar surface area (TPSA) is 73.7 Å². The lowest BCUT2D eigenvalue weighted by molar-refractivity contribution is 0.0730. The van der Waals surface area contributed by atoms with Crippen LogP contribution in [-0.2, 0) is 26.0 Å². The molecule has 2 aromatic heterocycles. The fourth-order valence-corrected chi connectivity index (χ4v) is 6.13. The van der Waals surface area contributed by atoms with E-state index in [4.69, 9.17) is 14.5 Å². The normalized spacial score (nSPS) is 21.2. The summed E-state index contributed by atoms with van der Waals surface area (Å²) in [5.41, 5.74) is 1.63. The summed E-state index contributed by atoms with van der Waals surface area (Å²) >= 11 is 1.63. The molecule has 9 heteroatoms. The first-order valence-electron chi connectivity index (χ1n) is 9.86. The lowest BCUT2D eigenvalue weighted by Crippen LogP contribution is -2.40. The number of imidazole rings is 1. The first-order chi connectivity index (χ1) is 14.1. The molecule has 0 radical (unpaired) electrons. The lowest BCUT2D eigenvalue weighted by atomic mass is 10.2. The zero-order valence-electron chi connectivity index (χ0n) is 16.0. The van der Waals surface area contributed by atoms with Crippen molar-refractivity contribution in [3.05, 3.63) is 35.7 Å². The fourth-order valence-electron chi connectivity index (χ4n) is 3.98. The largest absolute Gasteiger partial charge is 0.379 e. The third-order valence-corrected chi connectivity index (χ3v) is 8.24. The van der Waals surface area contributed by atoms with Gasteiger partial charge in [0.05, 0.1) is 46.7 Å². The number of hydrogen-bond acceptors (Lipinski definition) is 6. The number of hydrogen-bond donors (Lipinski definition) is 0. The molecular formula is C20H23N3O4S2. The summed E-state index contributed by atoms with van der Waals surface area (Å²) < 4.78 is 40.9. The molecule has 4 heterocycles. The van der Waals surface area contributed by atoms with Crippen molar-refractivity contribution in [3.8, 4) is 10.7 Å². The SMILES string of the molecule is O=S(=O)(c1ccc2c(c1)nc(-c1cccs1)n2C[C@@H]1CCCO1)N1CCOCC1. The molecular weight excluding hydrogens is 410 g/mol. The van der Waals surface area contributed by atoms with Gasteiger partial charge in [-0.25, -0.2) is 13.4 Å². The van der Waals surface area contributed by atoms with E-state index in [2.05, 4.69) is 4.57 Å². The van der Waals surface area contributed by atoms with Gasteiger partial charge in [0, 0.05) is 19.7 Å². The Balaban J connectivity index is 1.57. The number of nitrogens with zero attached hydrogens (tertiary/aromatic N) is 3. The Morgan fingerprint density at radius 3 is 2.76 bits per heavy atom. The number of ether oxygens (including phenoxy) is 2. The predicted molar refractivity (Wildman–Crippen MR) is 112 cm³/mol. The van der Waals surface area contributed by atoms with Gasteiger partial charge in [-0.3, -0.25) is 0 Å². The van der Waals surface area contributed by atoms with E-state index in [0.29, 0.717) is 31.8 Å². The minimum atomic E-state index is -3.55. The van der Waals surface area contributed by atoms with Crippen molar-refractivity contribution in [2.24, 2.45) is 0 Å². The van der Waals surface area contributed by atoms with Crippen LogP contribution in [0.25, 0.3) is 21.7 Å². The molecule has 1 atom stereocenters. The molecule has 154 valence electrons. The smallest absolute Gasteiger partial charge is 0.243 e. The van der Waals surface area contributed by atoms with Gasteiger partial charge < -0.3 is 14.0 Å². The maximum Gasteiger partial charge on any atom is 0.243 e. The van der Waals surface area contributed by atoms with E-state index in [-0.39, 0.29) is 11.0 Å². The third-order valence-electron chi connectivity index (χ3n) is 5.48.